The predicted molar refractivity (Wildman–Crippen MR) is 73.6 cm³/mol. The third-order valence-corrected chi connectivity index (χ3v) is 2.97. The van der Waals surface area contributed by atoms with E-state index in [-0.39, 0.29) is 11.4 Å². The molecule has 0 aliphatic heterocycles. The lowest BCUT2D eigenvalue weighted by molar-refractivity contribution is 0.602. The average molecular weight is 274 g/mol. The van der Waals surface area contributed by atoms with Crippen molar-refractivity contribution in [3.8, 4) is 11.4 Å². The maximum atomic E-state index is 13.7. The Morgan fingerprint density at radius 1 is 1.05 bits per heavy atom. The molecule has 0 bridgehead atoms. The Bertz CT molecular complexity index is 780. The minimum Gasteiger partial charge on any atom is -0.363 e. The van der Waals surface area contributed by atoms with Crippen LogP contribution in [-0.2, 0) is 0 Å². The molecule has 0 atom stereocenters. The van der Waals surface area contributed by atoms with Gasteiger partial charge in [-0.15, -0.1) is 0 Å². The van der Waals surface area contributed by atoms with Crippen LogP contribution in [0.3, 0.4) is 0 Å². The van der Waals surface area contributed by atoms with Crippen LogP contribution in [0.4, 0.5) is 14.6 Å². The van der Waals surface area contributed by atoms with Gasteiger partial charge in [-0.25, -0.2) is 18.7 Å². The second-order valence-corrected chi connectivity index (χ2v) is 4.64. The van der Waals surface area contributed by atoms with E-state index < -0.39 is 11.6 Å². The fourth-order valence-corrected chi connectivity index (χ4v) is 1.94. The number of hydrogen-bond acceptors (Lipinski definition) is 3. The van der Waals surface area contributed by atoms with E-state index in [1.165, 1.54) is 0 Å². The third-order valence-electron chi connectivity index (χ3n) is 2.97. The number of nitrogens with zero attached hydrogens (tertiary/aromatic N) is 3. The van der Waals surface area contributed by atoms with Crippen LogP contribution in [-0.4, -0.2) is 29.0 Å². The third kappa shape index (κ3) is 2.09. The molecule has 0 saturated carbocycles. The summed E-state index contributed by atoms with van der Waals surface area (Å²) in [6, 6.07) is 6.90. The molecule has 0 aliphatic rings. The molecule has 0 radical (unpaired) electrons. The van der Waals surface area contributed by atoms with Gasteiger partial charge in [-0.3, -0.25) is 0 Å². The van der Waals surface area contributed by atoms with Gasteiger partial charge >= 0.3 is 0 Å². The summed E-state index contributed by atoms with van der Waals surface area (Å²) in [5, 5.41) is 0. The number of anilines is 1. The minimum atomic E-state index is -0.529. The topological polar surface area (TPSA) is 44.8 Å². The van der Waals surface area contributed by atoms with Gasteiger partial charge in [0.2, 0.25) is 0 Å². The first-order valence-electron chi connectivity index (χ1n) is 6.04. The monoisotopic (exact) mass is 274 g/mol. The molecule has 0 fully saturated rings. The molecular weight excluding hydrogens is 262 g/mol. The van der Waals surface area contributed by atoms with E-state index in [2.05, 4.69) is 15.0 Å². The molecule has 6 heteroatoms. The fourth-order valence-electron chi connectivity index (χ4n) is 1.94. The number of halogens is 2. The minimum absolute atomic E-state index is 0.0920. The summed E-state index contributed by atoms with van der Waals surface area (Å²) in [7, 11) is 3.74. The van der Waals surface area contributed by atoms with E-state index in [0.717, 1.165) is 24.0 Å². The molecule has 1 aromatic carbocycles. The van der Waals surface area contributed by atoms with Crippen molar-refractivity contribution >= 4 is 17.0 Å². The van der Waals surface area contributed by atoms with Crippen LogP contribution in [0.5, 0.6) is 0 Å². The van der Waals surface area contributed by atoms with Gasteiger partial charge in [-0.2, -0.15) is 0 Å². The Labute approximate surface area is 114 Å². The Morgan fingerprint density at radius 3 is 2.60 bits per heavy atom. The lowest BCUT2D eigenvalue weighted by Gasteiger charge is -2.09. The number of aromatic nitrogens is 3. The fraction of sp³-hybridized carbons (Fsp3) is 0.143. The van der Waals surface area contributed by atoms with Crippen molar-refractivity contribution < 1.29 is 8.78 Å². The van der Waals surface area contributed by atoms with Crippen LogP contribution in [0, 0.1) is 11.6 Å². The Balaban J connectivity index is 2.15. The van der Waals surface area contributed by atoms with Crippen molar-refractivity contribution in [2.45, 2.75) is 0 Å². The number of aromatic amines is 1. The van der Waals surface area contributed by atoms with Crippen LogP contribution < -0.4 is 4.90 Å². The highest BCUT2D eigenvalue weighted by atomic mass is 19.1. The molecular formula is C14H12F2N4. The van der Waals surface area contributed by atoms with Gasteiger partial charge in [0.1, 0.15) is 23.3 Å². The number of pyridine rings is 1. The molecule has 20 heavy (non-hydrogen) atoms. The molecule has 3 aromatic rings. The SMILES string of the molecule is CN(C)c1ccc2[nH]c(-c3cc(F)ccc3F)nc2n1. The average Bonchev–Trinajstić information content (AvgIpc) is 2.83. The number of hydrogen-bond donors (Lipinski definition) is 1. The first kappa shape index (κ1) is 12.5. The van der Waals surface area contributed by atoms with E-state index in [1.54, 1.807) is 0 Å². The number of rotatable bonds is 2. The largest absolute Gasteiger partial charge is 0.363 e. The lowest BCUT2D eigenvalue weighted by atomic mass is 10.2. The number of H-pyrrole nitrogens is 1. The zero-order valence-electron chi connectivity index (χ0n) is 11.0. The first-order chi connectivity index (χ1) is 9.54. The molecule has 0 unspecified atom stereocenters. The Kier molecular flexibility index (Phi) is 2.85. The smallest absolute Gasteiger partial charge is 0.180 e. The van der Waals surface area contributed by atoms with Gasteiger partial charge in [0.25, 0.3) is 0 Å². The van der Waals surface area contributed by atoms with Crippen molar-refractivity contribution in [2.75, 3.05) is 19.0 Å². The molecule has 2 heterocycles. The number of nitrogens with one attached hydrogen (secondary N) is 1. The van der Waals surface area contributed by atoms with E-state index in [1.807, 2.05) is 31.1 Å². The zero-order chi connectivity index (χ0) is 14.3. The zero-order valence-corrected chi connectivity index (χ0v) is 11.0. The first-order valence-corrected chi connectivity index (χ1v) is 6.04. The molecule has 0 saturated heterocycles. The van der Waals surface area contributed by atoms with Gasteiger partial charge < -0.3 is 9.88 Å². The van der Waals surface area contributed by atoms with Crippen LogP contribution in [0.2, 0.25) is 0 Å². The highest BCUT2D eigenvalue weighted by Crippen LogP contribution is 2.24. The van der Waals surface area contributed by atoms with Crippen molar-refractivity contribution in [1.29, 1.82) is 0 Å². The van der Waals surface area contributed by atoms with E-state index in [4.69, 9.17) is 0 Å². The van der Waals surface area contributed by atoms with Gasteiger partial charge in [0, 0.05) is 14.1 Å². The molecule has 3 rings (SSSR count). The predicted octanol–water partition coefficient (Wildman–Crippen LogP) is 2.97. The van der Waals surface area contributed by atoms with Gasteiger partial charge in [0.05, 0.1) is 11.1 Å². The highest BCUT2D eigenvalue weighted by Gasteiger charge is 2.12. The molecule has 0 spiro atoms. The van der Waals surface area contributed by atoms with Crippen LogP contribution in [0.15, 0.2) is 30.3 Å². The van der Waals surface area contributed by atoms with Crippen molar-refractivity contribution in [1.82, 2.24) is 15.0 Å². The van der Waals surface area contributed by atoms with E-state index in [9.17, 15) is 8.78 Å². The molecule has 4 nitrogen and oxygen atoms in total. The number of imidazole rings is 1. The highest BCUT2D eigenvalue weighted by molar-refractivity contribution is 5.77. The number of fused-ring (bicyclic) bond motifs is 1. The van der Waals surface area contributed by atoms with Crippen LogP contribution in [0.25, 0.3) is 22.6 Å². The second kappa shape index (κ2) is 4.56. The summed E-state index contributed by atoms with van der Waals surface area (Å²) in [5.74, 6) is -0.0299. The summed E-state index contributed by atoms with van der Waals surface area (Å²) in [4.78, 5) is 13.4. The lowest BCUT2D eigenvalue weighted by Crippen LogP contribution is -2.10. The van der Waals surface area contributed by atoms with Crippen LogP contribution in [0.1, 0.15) is 0 Å². The maximum absolute atomic E-state index is 13.7. The Morgan fingerprint density at radius 2 is 1.85 bits per heavy atom. The summed E-state index contributed by atoms with van der Waals surface area (Å²) in [6.45, 7) is 0. The van der Waals surface area contributed by atoms with Crippen molar-refractivity contribution in [3.05, 3.63) is 42.0 Å². The normalized spacial score (nSPS) is 11.0. The van der Waals surface area contributed by atoms with Gasteiger partial charge in [-0.1, -0.05) is 0 Å². The maximum Gasteiger partial charge on any atom is 0.180 e. The Hall–Kier alpha value is -2.50. The van der Waals surface area contributed by atoms with E-state index >= 15 is 0 Å². The van der Waals surface area contributed by atoms with E-state index in [0.29, 0.717) is 11.2 Å². The van der Waals surface area contributed by atoms with Gasteiger partial charge in [0.15, 0.2) is 5.65 Å². The molecule has 0 aliphatic carbocycles. The van der Waals surface area contributed by atoms with Gasteiger partial charge in [-0.05, 0) is 30.3 Å². The quantitative estimate of drug-likeness (QED) is 0.781. The summed E-state index contributed by atoms with van der Waals surface area (Å²) < 4.78 is 27.0. The summed E-state index contributed by atoms with van der Waals surface area (Å²) in [5.41, 5.74) is 1.23. The van der Waals surface area contributed by atoms with Crippen molar-refractivity contribution in [2.24, 2.45) is 0 Å². The molecule has 102 valence electrons. The van der Waals surface area contributed by atoms with Crippen LogP contribution >= 0.6 is 0 Å². The summed E-state index contributed by atoms with van der Waals surface area (Å²) >= 11 is 0. The molecule has 1 N–H and O–H groups in total. The molecule has 2 aromatic heterocycles. The molecule has 0 amide bonds. The van der Waals surface area contributed by atoms with Crippen molar-refractivity contribution in [3.63, 3.8) is 0 Å². The second-order valence-electron chi connectivity index (χ2n) is 4.64. The standard InChI is InChI=1S/C14H12F2N4/c1-20(2)12-6-5-11-14(18-12)19-13(17-11)9-7-8(15)3-4-10(9)16/h3-7H,1-2H3,(H,17,18,19). The summed E-state index contributed by atoms with van der Waals surface area (Å²) in [6.07, 6.45) is 0. The number of benzene rings is 1.